The standard InChI is InChI=1S/C14H22N4S/c15-12-16-13(18-17-12)19-2-1-14-6-9-3-10(7-14)5-11(4-9)8-14/h9-11H,1-8H2,(H3,15,16,17,18). The molecule has 0 aromatic carbocycles. The zero-order valence-electron chi connectivity index (χ0n) is 11.3. The molecule has 4 saturated carbocycles. The number of nitrogens with zero attached hydrogens (tertiary/aromatic N) is 2. The molecule has 0 aliphatic heterocycles. The number of nitrogens with two attached hydrogens (primary N) is 1. The first kappa shape index (κ1) is 12.1. The van der Waals surface area contributed by atoms with E-state index in [2.05, 4.69) is 15.2 Å². The van der Waals surface area contributed by atoms with Crippen LogP contribution in [0.1, 0.15) is 44.9 Å². The molecule has 5 rings (SSSR count). The molecule has 1 heterocycles. The first-order chi connectivity index (χ1) is 9.21. The molecular formula is C14H22N4S. The maximum Gasteiger partial charge on any atom is 0.216 e. The molecule has 1 aromatic rings. The van der Waals surface area contributed by atoms with Crippen LogP contribution in [0.15, 0.2) is 5.16 Å². The van der Waals surface area contributed by atoms with Crippen molar-refractivity contribution in [3.63, 3.8) is 0 Å². The van der Waals surface area contributed by atoms with Crippen LogP contribution in [-0.4, -0.2) is 20.9 Å². The minimum absolute atomic E-state index is 0.428. The Morgan fingerprint density at radius 1 is 1.16 bits per heavy atom. The van der Waals surface area contributed by atoms with E-state index in [1.807, 2.05) is 0 Å². The third-order valence-electron chi connectivity index (χ3n) is 5.51. The van der Waals surface area contributed by atoms with Gasteiger partial charge < -0.3 is 5.73 Å². The number of H-pyrrole nitrogens is 1. The quantitative estimate of drug-likeness (QED) is 0.831. The zero-order chi connectivity index (χ0) is 12.9. The number of hydrogen-bond donors (Lipinski definition) is 2. The minimum atomic E-state index is 0.428. The molecular weight excluding hydrogens is 256 g/mol. The van der Waals surface area contributed by atoms with Crippen molar-refractivity contribution in [3.05, 3.63) is 0 Å². The number of nitrogen functional groups attached to an aromatic ring is 1. The number of aromatic nitrogens is 3. The number of aromatic amines is 1. The van der Waals surface area contributed by atoms with Crippen LogP contribution in [0.4, 0.5) is 5.95 Å². The minimum Gasteiger partial charge on any atom is -0.368 e. The van der Waals surface area contributed by atoms with E-state index in [1.54, 1.807) is 11.8 Å². The molecule has 4 fully saturated rings. The predicted octanol–water partition coefficient (Wildman–Crippen LogP) is 3.09. The summed E-state index contributed by atoms with van der Waals surface area (Å²) in [6.07, 6.45) is 10.4. The number of anilines is 1. The molecule has 3 N–H and O–H groups in total. The van der Waals surface area contributed by atoms with Crippen molar-refractivity contribution in [3.8, 4) is 0 Å². The summed E-state index contributed by atoms with van der Waals surface area (Å²) in [5, 5.41) is 7.62. The Kier molecular flexibility index (Phi) is 2.79. The Morgan fingerprint density at radius 2 is 1.79 bits per heavy atom. The van der Waals surface area contributed by atoms with Crippen molar-refractivity contribution in [1.82, 2.24) is 15.2 Å². The number of rotatable bonds is 4. The third kappa shape index (κ3) is 2.26. The van der Waals surface area contributed by atoms with Crippen LogP contribution in [0.2, 0.25) is 0 Å². The molecule has 0 unspecified atom stereocenters. The first-order valence-corrected chi connectivity index (χ1v) is 8.50. The zero-order valence-corrected chi connectivity index (χ0v) is 12.1. The molecule has 0 atom stereocenters. The summed E-state index contributed by atoms with van der Waals surface area (Å²) in [7, 11) is 0. The van der Waals surface area contributed by atoms with E-state index in [0.717, 1.165) is 28.7 Å². The average molecular weight is 278 g/mol. The lowest BCUT2D eigenvalue weighted by atomic mass is 9.49. The smallest absolute Gasteiger partial charge is 0.216 e. The van der Waals surface area contributed by atoms with Crippen molar-refractivity contribution >= 4 is 17.7 Å². The van der Waals surface area contributed by atoms with Gasteiger partial charge in [0.2, 0.25) is 11.1 Å². The summed E-state index contributed by atoms with van der Waals surface area (Å²) in [4.78, 5) is 4.17. The lowest BCUT2D eigenvalue weighted by Gasteiger charge is -2.57. The molecule has 0 spiro atoms. The Balaban J connectivity index is 1.37. The maximum absolute atomic E-state index is 5.55. The van der Waals surface area contributed by atoms with E-state index in [0.29, 0.717) is 11.4 Å². The average Bonchev–Trinajstić information content (AvgIpc) is 2.73. The second-order valence-corrected chi connectivity index (χ2v) is 8.08. The molecule has 0 amide bonds. The Hall–Kier alpha value is -0.710. The largest absolute Gasteiger partial charge is 0.368 e. The molecule has 1 aromatic heterocycles. The molecule has 4 nitrogen and oxygen atoms in total. The fourth-order valence-corrected chi connectivity index (χ4v) is 6.27. The maximum atomic E-state index is 5.55. The molecule has 5 heteroatoms. The predicted molar refractivity (Wildman–Crippen MR) is 76.7 cm³/mol. The van der Waals surface area contributed by atoms with Gasteiger partial charge in [-0.2, -0.15) is 4.98 Å². The number of hydrogen-bond acceptors (Lipinski definition) is 4. The van der Waals surface area contributed by atoms with E-state index >= 15 is 0 Å². The van der Waals surface area contributed by atoms with E-state index in [4.69, 9.17) is 5.73 Å². The lowest BCUT2D eigenvalue weighted by molar-refractivity contribution is -0.0538. The summed E-state index contributed by atoms with van der Waals surface area (Å²) in [5.41, 5.74) is 6.22. The van der Waals surface area contributed by atoms with Crippen molar-refractivity contribution in [1.29, 1.82) is 0 Å². The van der Waals surface area contributed by atoms with Gasteiger partial charge in [0.25, 0.3) is 0 Å². The fourth-order valence-electron chi connectivity index (χ4n) is 5.28. The lowest BCUT2D eigenvalue weighted by Crippen LogP contribution is -2.46. The van der Waals surface area contributed by atoms with E-state index in [1.165, 1.54) is 44.9 Å². The van der Waals surface area contributed by atoms with Crippen LogP contribution >= 0.6 is 11.8 Å². The van der Waals surface area contributed by atoms with Crippen LogP contribution in [0.25, 0.3) is 0 Å². The van der Waals surface area contributed by atoms with Crippen LogP contribution in [0, 0.1) is 23.2 Å². The van der Waals surface area contributed by atoms with E-state index < -0.39 is 0 Å². The summed E-state index contributed by atoms with van der Waals surface area (Å²) < 4.78 is 0. The molecule has 0 radical (unpaired) electrons. The van der Waals surface area contributed by atoms with Gasteiger partial charge in [-0.3, -0.25) is 0 Å². The van der Waals surface area contributed by atoms with Crippen LogP contribution in [0.5, 0.6) is 0 Å². The second kappa shape index (κ2) is 4.40. The number of nitrogens with one attached hydrogen (secondary N) is 1. The monoisotopic (exact) mass is 278 g/mol. The van der Waals surface area contributed by atoms with Crippen molar-refractivity contribution in [2.75, 3.05) is 11.5 Å². The highest BCUT2D eigenvalue weighted by atomic mass is 32.2. The molecule has 4 aliphatic rings. The highest BCUT2D eigenvalue weighted by molar-refractivity contribution is 7.99. The number of thioether (sulfide) groups is 1. The van der Waals surface area contributed by atoms with Gasteiger partial charge in [-0.15, -0.1) is 5.10 Å². The third-order valence-corrected chi connectivity index (χ3v) is 6.36. The van der Waals surface area contributed by atoms with Crippen molar-refractivity contribution < 1.29 is 0 Å². The van der Waals surface area contributed by atoms with Crippen LogP contribution < -0.4 is 5.73 Å². The van der Waals surface area contributed by atoms with Crippen LogP contribution in [0.3, 0.4) is 0 Å². The highest BCUT2D eigenvalue weighted by Gasteiger charge is 2.50. The Bertz CT molecular complexity index is 434. The van der Waals surface area contributed by atoms with E-state index in [-0.39, 0.29) is 0 Å². The Labute approximate surface area is 118 Å². The van der Waals surface area contributed by atoms with Gasteiger partial charge in [0.15, 0.2) is 0 Å². The molecule has 4 bridgehead atoms. The normalized spacial score (nSPS) is 39.9. The topological polar surface area (TPSA) is 67.6 Å². The van der Waals surface area contributed by atoms with Gasteiger partial charge in [0.1, 0.15) is 0 Å². The van der Waals surface area contributed by atoms with Gasteiger partial charge in [-0.1, -0.05) is 11.8 Å². The van der Waals surface area contributed by atoms with Crippen molar-refractivity contribution in [2.24, 2.45) is 23.2 Å². The summed E-state index contributed by atoms with van der Waals surface area (Å²) in [5.74, 6) is 4.72. The SMILES string of the molecule is Nc1nc(SCCC23CC4CC(CC(C4)C2)C3)n[nH]1. The van der Waals surface area contributed by atoms with Gasteiger partial charge in [0, 0.05) is 5.75 Å². The Morgan fingerprint density at radius 3 is 2.32 bits per heavy atom. The van der Waals surface area contributed by atoms with E-state index in [9.17, 15) is 0 Å². The molecule has 19 heavy (non-hydrogen) atoms. The summed E-state index contributed by atoms with van der Waals surface area (Å²) in [6, 6.07) is 0. The summed E-state index contributed by atoms with van der Waals surface area (Å²) in [6.45, 7) is 0. The molecule has 0 saturated heterocycles. The van der Waals surface area contributed by atoms with Crippen molar-refractivity contribution in [2.45, 2.75) is 50.1 Å². The van der Waals surface area contributed by atoms with Gasteiger partial charge >= 0.3 is 0 Å². The first-order valence-electron chi connectivity index (χ1n) is 7.51. The summed E-state index contributed by atoms with van der Waals surface area (Å²) >= 11 is 1.76. The fraction of sp³-hybridized carbons (Fsp3) is 0.857. The highest BCUT2D eigenvalue weighted by Crippen LogP contribution is 2.61. The van der Waals surface area contributed by atoms with Gasteiger partial charge in [-0.25, -0.2) is 5.10 Å². The van der Waals surface area contributed by atoms with Crippen LogP contribution in [-0.2, 0) is 0 Å². The second-order valence-electron chi connectivity index (χ2n) is 7.02. The molecule has 4 aliphatic carbocycles. The van der Waals surface area contributed by atoms with Gasteiger partial charge in [-0.05, 0) is 68.1 Å². The molecule has 104 valence electrons. The van der Waals surface area contributed by atoms with Gasteiger partial charge in [0.05, 0.1) is 0 Å².